The van der Waals surface area contributed by atoms with Crippen LogP contribution in [0.5, 0.6) is 0 Å². The van der Waals surface area contributed by atoms with Crippen molar-refractivity contribution in [2.75, 3.05) is 24.4 Å². The van der Waals surface area contributed by atoms with Gasteiger partial charge in [0, 0.05) is 30.4 Å². The molecule has 32 heavy (non-hydrogen) atoms. The summed E-state index contributed by atoms with van der Waals surface area (Å²) in [7, 11) is -4.40. The Balaban J connectivity index is 1.84. The van der Waals surface area contributed by atoms with Crippen LogP contribution < -0.4 is 10.0 Å². The van der Waals surface area contributed by atoms with E-state index in [0.717, 1.165) is 38.3 Å². The van der Waals surface area contributed by atoms with E-state index in [4.69, 9.17) is 0 Å². The molecule has 0 saturated carbocycles. The third kappa shape index (κ3) is 5.85. The highest BCUT2D eigenvalue weighted by Crippen LogP contribution is 2.26. The fraction of sp³-hybridized carbons (Fsp3) is 0.409. The van der Waals surface area contributed by atoms with Gasteiger partial charge in [-0.15, -0.1) is 0 Å². The molecule has 174 valence electrons. The van der Waals surface area contributed by atoms with E-state index in [2.05, 4.69) is 32.9 Å². The van der Waals surface area contributed by atoms with E-state index < -0.39 is 26.6 Å². The second kappa shape index (κ2) is 10.7. The SMILES string of the molecule is CCCCC1CNCCCN1C(=O)c1cccc(NS(=O)(=O)c2cc(F)c(Br)cc2F)c1. The molecule has 1 amide bonds. The average molecular weight is 530 g/mol. The lowest BCUT2D eigenvalue weighted by Gasteiger charge is -2.30. The maximum Gasteiger partial charge on any atom is 0.264 e. The molecule has 1 fully saturated rings. The van der Waals surface area contributed by atoms with Gasteiger partial charge in [0.1, 0.15) is 16.5 Å². The van der Waals surface area contributed by atoms with Crippen LogP contribution in [0, 0.1) is 11.6 Å². The number of carbonyl (C=O) groups excluding carboxylic acids is 1. The van der Waals surface area contributed by atoms with Crippen LogP contribution >= 0.6 is 15.9 Å². The molecule has 0 aliphatic carbocycles. The van der Waals surface area contributed by atoms with Crippen LogP contribution in [-0.2, 0) is 10.0 Å². The van der Waals surface area contributed by atoms with Gasteiger partial charge in [-0.1, -0.05) is 25.8 Å². The molecular weight excluding hydrogens is 504 g/mol. The Kier molecular flexibility index (Phi) is 8.24. The van der Waals surface area contributed by atoms with E-state index in [1.54, 1.807) is 12.1 Å². The van der Waals surface area contributed by atoms with Gasteiger partial charge in [-0.05, 0) is 65.6 Å². The zero-order valence-electron chi connectivity index (χ0n) is 17.7. The number of benzene rings is 2. The molecule has 10 heteroatoms. The highest BCUT2D eigenvalue weighted by atomic mass is 79.9. The molecular formula is C22H26BrF2N3O3S. The van der Waals surface area contributed by atoms with Gasteiger partial charge < -0.3 is 10.2 Å². The summed E-state index contributed by atoms with van der Waals surface area (Å²) in [5.74, 6) is -2.17. The number of hydrogen-bond acceptors (Lipinski definition) is 4. The molecule has 3 rings (SSSR count). The predicted octanol–water partition coefficient (Wildman–Crippen LogP) is 4.52. The van der Waals surface area contributed by atoms with Crippen molar-refractivity contribution >= 4 is 37.5 Å². The van der Waals surface area contributed by atoms with Gasteiger partial charge in [0.05, 0.1) is 4.47 Å². The smallest absolute Gasteiger partial charge is 0.264 e. The minimum atomic E-state index is -4.40. The van der Waals surface area contributed by atoms with E-state index in [1.807, 2.05) is 4.90 Å². The quantitative estimate of drug-likeness (QED) is 0.516. The van der Waals surface area contributed by atoms with Gasteiger partial charge >= 0.3 is 0 Å². The van der Waals surface area contributed by atoms with Crippen LogP contribution in [-0.4, -0.2) is 44.9 Å². The number of amides is 1. The number of hydrogen-bond donors (Lipinski definition) is 2. The summed E-state index contributed by atoms with van der Waals surface area (Å²) in [5, 5.41) is 3.36. The van der Waals surface area contributed by atoms with E-state index in [9.17, 15) is 22.0 Å². The van der Waals surface area contributed by atoms with E-state index in [1.165, 1.54) is 12.1 Å². The van der Waals surface area contributed by atoms with Crippen LogP contribution in [0.2, 0.25) is 0 Å². The molecule has 0 aromatic heterocycles. The van der Waals surface area contributed by atoms with E-state index in [0.29, 0.717) is 24.7 Å². The summed E-state index contributed by atoms with van der Waals surface area (Å²) < 4.78 is 55.3. The first kappa shape index (κ1) is 24.6. The van der Waals surface area contributed by atoms with Crippen molar-refractivity contribution in [3.8, 4) is 0 Å². The number of unbranched alkanes of at least 4 members (excludes halogenated alkanes) is 1. The van der Waals surface area contributed by atoms with Crippen molar-refractivity contribution in [3.05, 3.63) is 58.1 Å². The second-order valence-electron chi connectivity index (χ2n) is 7.74. The van der Waals surface area contributed by atoms with Crippen LogP contribution in [0.3, 0.4) is 0 Å². The van der Waals surface area contributed by atoms with Gasteiger partial charge in [-0.2, -0.15) is 0 Å². The third-order valence-corrected chi connectivity index (χ3v) is 7.36. The predicted molar refractivity (Wildman–Crippen MR) is 123 cm³/mol. The summed E-state index contributed by atoms with van der Waals surface area (Å²) in [5.41, 5.74) is 0.424. The van der Waals surface area contributed by atoms with Gasteiger partial charge in [-0.25, -0.2) is 17.2 Å². The average Bonchev–Trinajstić information content (AvgIpc) is 2.99. The normalized spacial score (nSPS) is 17.1. The molecule has 6 nitrogen and oxygen atoms in total. The standard InChI is InChI=1S/C22H26BrF2N3O3S/c1-2-3-8-17-14-26-9-5-10-28(17)22(29)15-6-4-7-16(11-15)27-32(30,31)21-13-19(24)18(23)12-20(21)25/h4,6-7,11-13,17,26-27H,2-3,5,8-10,14H2,1H3. The van der Waals surface area contributed by atoms with Crippen LogP contribution in [0.25, 0.3) is 0 Å². The summed E-state index contributed by atoms with van der Waals surface area (Å²) >= 11 is 2.83. The Bertz CT molecular complexity index is 1080. The molecule has 1 saturated heterocycles. The summed E-state index contributed by atoms with van der Waals surface area (Å²) in [6.07, 6.45) is 3.75. The summed E-state index contributed by atoms with van der Waals surface area (Å²) in [6.45, 7) is 4.26. The number of nitrogens with zero attached hydrogens (tertiary/aromatic N) is 1. The topological polar surface area (TPSA) is 78.5 Å². The minimum Gasteiger partial charge on any atom is -0.334 e. The van der Waals surface area contributed by atoms with Crippen molar-refractivity contribution < 1.29 is 22.0 Å². The first-order valence-corrected chi connectivity index (χ1v) is 12.8. The van der Waals surface area contributed by atoms with Gasteiger partial charge in [0.2, 0.25) is 0 Å². The molecule has 0 radical (unpaired) electrons. The number of rotatable bonds is 7. The lowest BCUT2D eigenvalue weighted by atomic mass is 10.1. The van der Waals surface area contributed by atoms with Crippen molar-refractivity contribution in [3.63, 3.8) is 0 Å². The van der Waals surface area contributed by atoms with E-state index >= 15 is 0 Å². The molecule has 0 spiro atoms. The fourth-order valence-corrected chi connectivity index (χ4v) is 5.14. The molecule has 2 aromatic carbocycles. The van der Waals surface area contributed by atoms with Gasteiger partial charge in [0.25, 0.3) is 15.9 Å². The van der Waals surface area contributed by atoms with Gasteiger partial charge in [-0.3, -0.25) is 9.52 Å². The maximum absolute atomic E-state index is 14.2. The molecule has 1 unspecified atom stereocenters. The zero-order chi connectivity index (χ0) is 23.3. The molecule has 2 N–H and O–H groups in total. The molecule has 1 atom stereocenters. The summed E-state index contributed by atoms with van der Waals surface area (Å²) in [4.78, 5) is 14.3. The Morgan fingerprint density at radius 3 is 2.78 bits per heavy atom. The molecule has 0 bridgehead atoms. The molecule has 1 heterocycles. The van der Waals surface area contributed by atoms with E-state index in [-0.39, 0.29) is 22.1 Å². The summed E-state index contributed by atoms with van der Waals surface area (Å²) in [6, 6.07) is 7.48. The van der Waals surface area contributed by atoms with Crippen molar-refractivity contribution in [2.24, 2.45) is 0 Å². The van der Waals surface area contributed by atoms with Crippen LogP contribution in [0.15, 0.2) is 45.8 Å². The highest BCUT2D eigenvalue weighted by molar-refractivity contribution is 9.10. The lowest BCUT2D eigenvalue weighted by Crippen LogP contribution is -2.43. The first-order chi connectivity index (χ1) is 15.2. The fourth-order valence-electron chi connectivity index (χ4n) is 3.70. The lowest BCUT2D eigenvalue weighted by molar-refractivity contribution is 0.0682. The minimum absolute atomic E-state index is 0.0603. The number of sulfonamides is 1. The maximum atomic E-state index is 14.2. The van der Waals surface area contributed by atoms with Crippen molar-refractivity contribution in [1.82, 2.24) is 10.2 Å². The first-order valence-electron chi connectivity index (χ1n) is 10.5. The highest BCUT2D eigenvalue weighted by Gasteiger charge is 2.27. The molecule has 2 aromatic rings. The van der Waals surface area contributed by atoms with Crippen LogP contribution in [0.1, 0.15) is 43.0 Å². The van der Waals surface area contributed by atoms with Crippen molar-refractivity contribution in [2.45, 2.75) is 43.5 Å². The molecule has 1 aliphatic heterocycles. The van der Waals surface area contributed by atoms with Gasteiger partial charge in [0.15, 0.2) is 0 Å². The number of carbonyl (C=O) groups is 1. The zero-order valence-corrected chi connectivity index (χ0v) is 20.1. The Morgan fingerprint density at radius 2 is 2.03 bits per heavy atom. The number of anilines is 1. The Labute approximate surface area is 195 Å². The van der Waals surface area contributed by atoms with Crippen LogP contribution in [0.4, 0.5) is 14.5 Å². The monoisotopic (exact) mass is 529 g/mol. The third-order valence-electron chi connectivity index (χ3n) is 5.35. The Morgan fingerprint density at radius 1 is 1.25 bits per heavy atom. The number of nitrogens with one attached hydrogen (secondary N) is 2. The molecule has 1 aliphatic rings. The Hall–Kier alpha value is -2.04. The second-order valence-corrected chi connectivity index (χ2v) is 10.2. The number of halogens is 3. The largest absolute Gasteiger partial charge is 0.334 e. The van der Waals surface area contributed by atoms with Crippen molar-refractivity contribution in [1.29, 1.82) is 0 Å².